The summed E-state index contributed by atoms with van der Waals surface area (Å²) in [6.07, 6.45) is 4.94. The first-order valence-corrected chi connectivity index (χ1v) is 9.05. The van der Waals surface area contributed by atoms with Gasteiger partial charge in [-0.2, -0.15) is 5.26 Å². The molecule has 4 nitrogen and oxygen atoms in total. The third kappa shape index (κ3) is 2.94. The minimum absolute atomic E-state index is 0.120. The zero-order chi connectivity index (χ0) is 15.0. The molecule has 0 radical (unpaired) electrons. The van der Waals surface area contributed by atoms with E-state index in [1.54, 1.807) is 0 Å². The summed E-state index contributed by atoms with van der Waals surface area (Å²) in [4.78, 5) is 0.120. The van der Waals surface area contributed by atoms with E-state index in [-0.39, 0.29) is 15.5 Å². The molecule has 2 bridgehead atoms. The van der Waals surface area contributed by atoms with Crippen molar-refractivity contribution in [1.29, 1.82) is 5.26 Å². The van der Waals surface area contributed by atoms with Crippen LogP contribution in [0.25, 0.3) is 0 Å². The molecule has 3 atom stereocenters. The number of nitrogens with zero attached hydrogens (tertiary/aromatic N) is 1. The number of hydrogen-bond donors (Lipinski definition) is 1. The molecular weight excluding hydrogens is 308 g/mol. The Morgan fingerprint density at radius 3 is 2.71 bits per heavy atom. The third-order valence-corrected chi connectivity index (χ3v) is 6.53. The van der Waals surface area contributed by atoms with Gasteiger partial charge in [0.15, 0.2) is 0 Å². The average molecular weight is 325 g/mol. The lowest BCUT2D eigenvalue weighted by atomic mass is 9.89. The maximum absolute atomic E-state index is 12.3. The fourth-order valence-electron chi connectivity index (χ4n) is 3.68. The molecule has 2 aliphatic rings. The fourth-order valence-corrected chi connectivity index (χ4v) is 5.09. The van der Waals surface area contributed by atoms with Gasteiger partial charge in [-0.15, -0.1) is 0 Å². The SMILES string of the molecule is N#Cc1ccc(S(=O)(=O)NCC2CC3CCC2C3)cc1Cl. The van der Waals surface area contributed by atoms with Crippen LogP contribution < -0.4 is 4.72 Å². The molecule has 1 aromatic rings. The van der Waals surface area contributed by atoms with Crippen LogP contribution in [0.2, 0.25) is 5.02 Å². The number of sulfonamides is 1. The summed E-state index contributed by atoms with van der Waals surface area (Å²) < 4.78 is 27.3. The van der Waals surface area contributed by atoms with Crippen molar-refractivity contribution in [3.8, 4) is 6.07 Å². The predicted molar refractivity (Wildman–Crippen MR) is 80.3 cm³/mol. The van der Waals surface area contributed by atoms with Gasteiger partial charge in [-0.25, -0.2) is 13.1 Å². The summed E-state index contributed by atoms with van der Waals surface area (Å²) in [7, 11) is -3.56. The molecule has 0 saturated heterocycles. The monoisotopic (exact) mass is 324 g/mol. The highest BCUT2D eigenvalue weighted by Crippen LogP contribution is 2.48. The second kappa shape index (κ2) is 5.60. The molecule has 112 valence electrons. The van der Waals surface area contributed by atoms with E-state index in [0.29, 0.717) is 18.4 Å². The second-order valence-electron chi connectivity index (χ2n) is 6.04. The molecule has 3 rings (SSSR count). The number of fused-ring (bicyclic) bond motifs is 2. The van der Waals surface area contributed by atoms with E-state index in [2.05, 4.69) is 4.72 Å². The number of nitriles is 1. The number of hydrogen-bond acceptors (Lipinski definition) is 3. The zero-order valence-electron chi connectivity index (χ0n) is 11.5. The van der Waals surface area contributed by atoms with Gasteiger partial charge in [0, 0.05) is 6.54 Å². The van der Waals surface area contributed by atoms with Crippen molar-refractivity contribution < 1.29 is 8.42 Å². The highest BCUT2D eigenvalue weighted by molar-refractivity contribution is 7.89. The predicted octanol–water partition coefficient (Wildman–Crippen LogP) is 2.93. The van der Waals surface area contributed by atoms with Crippen molar-refractivity contribution in [1.82, 2.24) is 4.72 Å². The molecule has 0 heterocycles. The first kappa shape index (κ1) is 14.8. The number of nitrogens with one attached hydrogen (secondary N) is 1. The third-order valence-electron chi connectivity index (χ3n) is 4.79. The summed E-state index contributed by atoms with van der Waals surface area (Å²) in [5.41, 5.74) is 0.281. The van der Waals surface area contributed by atoms with Gasteiger partial charge in [-0.3, -0.25) is 0 Å². The lowest BCUT2D eigenvalue weighted by molar-refractivity contribution is 0.333. The Kier molecular flexibility index (Phi) is 3.96. The molecule has 2 saturated carbocycles. The van der Waals surface area contributed by atoms with Crippen LogP contribution in [0.3, 0.4) is 0 Å². The zero-order valence-corrected chi connectivity index (χ0v) is 13.1. The maximum atomic E-state index is 12.3. The van der Waals surface area contributed by atoms with Crippen molar-refractivity contribution in [2.75, 3.05) is 6.54 Å². The second-order valence-corrected chi connectivity index (χ2v) is 8.21. The molecule has 2 fully saturated rings. The van der Waals surface area contributed by atoms with Crippen LogP contribution in [-0.4, -0.2) is 15.0 Å². The average Bonchev–Trinajstić information content (AvgIpc) is 3.07. The summed E-state index contributed by atoms with van der Waals surface area (Å²) in [6.45, 7) is 0.501. The van der Waals surface area contributed by atoms with E-state index in [4.69, 9.17) is 16.9 Å². The largest absolute Gasteiger partial charge is 0.240 e. The lowest BCUT2D eigenvalue weighted by Crippen LogP contribution is -2.31. The molecule has 0 aromatic heterocycles. The topological polar surface area (TPSA) is 70.0 Å². The Balaban J connectivity index is 1.69. The van der Waals surface area contributed by atoms with Gasteiger partial charge in [0.05, 0.1) is 15.5 Å². The normalized spacial score (nSPS) is 27.7. The molecule has 0 amide bonds. The van der Waals surface area contributed by atoms with Crippen molar-refractivity contribution >= 4 is 21.6 Å². The van der Waals surface area contributed by atoms with Gasteiger partial charge < -0.3 is 0 Å². The van der Waals surface area contributed by atoms with Crippen LogP contribution in [0.4, 0.5) is 0 Å². The highest BCUT2D eigenvalue weighted by Gasteiger charge is 2.39. The number of rotatable bonds is 4. The van der Waals surface area contributed by atoms with E-state index >= 15 is 0 Å². The lowest BCUT2D eigenvalue weighted by Gasteiger charge is -2.21. The van der Waals surface area contributed by atoms with Gasteiger partial charge >= 0.3 is 0 Å². The van der Waals surface area contributed by atoms with Crippen molar-refractivity contribution in [3.05, 3.63) is 28.8 Å². The summed E-state index contributed by atoms with van der Waals surface area (Å²) in [6, 6.07) is 6.12. The molecular formula is C15H17ClN2O2S. The van der Waals surface area contributed by atoms with Crippen LogP contribution in [0.15, 0.2) is 23.1 Å². The van der Waals surface area contributed by atoms with Crippen LogP contribution in [0, 0.1) is 29.1 Å². The maximum Gasteiger partial charge on any atom is 0.240 e. The Morgan fingerprint density at radius 2 is 2.14 bits per heavy atom. The van der Waals surface area contributed by atoms with Crippen LogP contribution >= 0.6 is 11.6 Å². The van der Waals surface area contributed by atoms with Crippen molar-refractivity contribution in [2.24, 2.45) is 17.8 Å². The number of halogens is 1. The van der Waals surface area contributed by atoms with E-state index in [1.165, 1.54) is 37.5 Å². The van der Waals surface area contributed by atoms with E-state index in [1.807, 2.05) is 6.07 Å². The quantitative estimate of drug-likeness (QED) is 0.925. The molecule has 2 aliphatic carbocycles. The van der Waals surface area contributed by atoms with E-state index < -0.39 is 10.0 Å². The first-order valence-electron chi connectivity index (χ1n) is 7.19. The fraction of sp³-hybridized carbons (Fsp3) is 0.533. The van der Waals surface area contributed by atoms with Crippen molar-refractivity contribution in [2.45, 2.75) is 30.6 Å². The molecule has 1 aromatic carbocycles. The molecule has 21 heavy (non-hydrogen) atoms. The smallest absolute Gasteiger partial charge is 0.211 e. The van der Waals surface area contributed by atoms with E-state index in [0.717, 1.165) is 12.3 Å². The standard InChI is InChI=1S/C15H17ClN2O2S/c16-15-7-14(4-3-12(15)8-17)21(19,20)18-9-13-6-10-1-2-11(13)5-10/h3-4,7,10-11,13,18H,1-2,5-6,9H2. The Bertz CT molecular complexity index is 696. The highest BCUT2D eigenvalue weighted by atomic mass is 35.5. The van der Waals surface area contributed by atoms with E-state index in [9.17, 15) is 8.42 Å². The first-order chi connectivity index (χ1) is 9.99. The molecule has 6 heteroatoms. The van der Waals surface area contributed by atoms with Gasteiger partial charge in [0.2, 0.25) is 10.0 Å². The van der Waals surface area contributed by atoms with Gasteiger partial charge in [-0.05, 0) is 55.2 Å². The van der Waals surface area contributed by atoms with Crippen LogP contribution in [-0.2, 0) is 10.0 Å². The van der Waals surface area contributed by atoms with Crippen LogP contribution in [0.1, 0.15) is 31.2 Å². The number of benzene rings is 1. The Morgan fingerprint density at radius 1 is 1.33 bits per heavy atom. The van der Waals surface area contributed by atoms with Gasteiger partial charge in [0.1, 0.15) is 6.07 Å². The Labute approximate surface area is 130 Å². The molecule has 0 aliphatic heterocycles. The van der Waals surface area contributed by atoms with Gasteiger partial charge in [-0.1, -0.05) is 18.0 Å². The van der Waals surface area contributed by atoms with Crippen LogP contribution in [0.5, 0.6) is 0 Å². The summed E-state index contributed by atoms with van der Waals surface area (Å²) in [5, 5.41) is 8.99. The molecule has 3 unspecified atom stereocenters. The minimum atomic E-state index is -3.56. The molecule has 1 N–H and O–H groups in total. The van der Waals surface area contributed by atoms with Crippen molar-refractivity contribution in [3.63, 3.8) is 0 Å². The summed E-state index contributed by atoms with van der Waals surface area (Å²) in [5.74, 6) is 1.95. The molecule has 0 spiro atoms. The Hall–Kier alpha value is -1.09. The van der Waals surface area contributed by atoms with Gasteiger partial charge in [0.25, 0.3) is 0 Å². The minimum Gasteiger partial charge on any atom is -0.211 e. The summed E-state index contributed by atoms with van der Waals surface area (Å²) >= 11 is 5.90.